The Kier molecular flexibility index (Phi) is 7.16. The van der Waals surface area contributed by atoms with Gasteiger partial charge in [0.1, 0.15) is 5.75 Å². The molecule has 0 aliphatic carbocycles. The van der Waals surface area contributed by atoms with E-state index in [1.807, 2.05) is 24.3 Å². The van der Waals surface area contributed by atoms with Gasteiger partial charge in [-0.1, -0.05) is 23.7 Å². The number of para-hydroxylation sites is 1. The topological polar surface area (TPSA) is 48.0 Å². The third kappa shape index (κ3) is 4.82. The normalized spacial score (nSPS) is 10.3. The van der Waals surface area contributed by atoms with E-state index >= 15 is 0 Å². The van der Waals surface area contributed by atoms with E-state index in [4.69, 9.17) is 25.8 Å². The minimum atomic E-state index is 0.0249. The number of halogens is 1. The van der Waals surface area contributed by atoms with Crippen LogP contribution < -0.4 is 14.2 Å². The third-order valence-electron chi connectivity index (χ3n) is 4.17. The minimum absolute atomic E-state index is 0.0249. The Bertz CT molecular complexity index is 763. The van der Waals surface area contributed by atoms with Crippen LogP contribution in [0, 0.1) is 0 Å². The first-order valence-corrected chi connectivity index (χ1v) is 8.64. The van der Waals surface area contributed by atoms with Crippen LogP contribution in [0.4, 0.5) is 0 Å². The lowest BCUT2D eigenvalue weighted by molar-refractivity contribution is -0.130. The third-order valence-corrected chi connectivity index (χ3v) is 4.40. The first-order valence-electron chi connectivity index (χ1n) is 8.26. The molecule has 0 atom stereocenters. The van der Waals surface area contributed by atoms with Crippen LogP contribution in [0.5, 0.6) is 17.2 Å². The van der Waals surface area contributed by atoms with Crippen LogP contribution in [0.25, 0.3) is 0 Å². The molecule has 1 amide bonds. The van der Waals surface area contributed by atoms with Crippen molar-refractivity contribution in [2.75, 3.05) is 28.4 Å². The summed E-state index contributed by atoms with van der Waals surface area (Å²) in [5.74, 6) is 2.07. The lowest BCUT2D eigenvalue weighted by Gasteiger charge is -2.19. The summed E-state index contributed by atoms with van der Waals surface area (Å²) in [7, 11) is 6.56. The largest absolute Gasteiger partial charge is 0.496 e. The molecule has 6 heteroatoms. The summed E-state index contributed by atoms with van der Waals surface area (Å²) in [5.41, 5.74) is 1.81. The highest BCUT2D eigenvalue weighted by atomic mass is 35.5. The van der Waals surface area contributed by atoms with E-state index < -0.39 is 0 Å². The molecular formula is C20H24ClNO4. The summed E-state index contributed by atoms with van der Waals surface area (Å²) in [6.45, 7) is 0.428. The van der Waals surface area contributed by atoms with Crippen LogP contribution in [0.15, 0.2) is 36.4 Å². The number of aryl methyl sites for hydroxylation is 1. The van der Waals surface area contributed by atoms with Gasteiger partial charge in [-0.2, -0.15) is 0 Å². The van der Waals surface area contributed by atoms with Crippen LogP contribution >= 0.6 is 11.6 Å². The molecule has 0 aliphatic heterocycles. The molecule has 0 bridgehead atoms. The molecule has 0 spiro atoms. The fraction of sp³-hybridized carbons (Fsp3) is 0.350. The van der Waals surface area contributed by atoms with Crippen molar-refractivity contribution < 1.29 is 19.0 Å². The molecule has 0 aliphatic rings. The highest BCUT2D eigenvalue weighted by molar-refractivity contribution is 6.30. The van der Waals surface area contributed by atoms with Gasteiger partial charge in [0.15, 0.2) is 11.5 Å². The number of amides is 1. The van der Waals surface area contributed by atoms with Crippen molar-refractivity contribution in [2.45, 2.75) is 19.4 Å². The molecule has 2 aromatic carbocycles. The number of ether oxygens (including phenoxy) is 3. The Hall–Kier alpha value is -2.40. The van der Waals surface area contributed by atoms with E-state index in [1.165, 1.54) is 0 Å². The summed E-state index contributed by atoms with van der Waals surface area (Å²) in [6.07, 6.45) is 0.930. The molecule has 26 heavy (non-hydrogen) atoms. The van der Waals surface area contributed by atoms with Gasteiger partial charge in [-0.15, -0.1) is 0 Å². The van der Waals surface area contributed by atoms with Gasteiger partial charge in [0.25, 0.3) is 0 Å². The molecule has 0 N–H and O–H groups in total. The number of carbonyl (C=O) groups excluding carboxylic acids is 1. The SMILES string of the molecule is COc1ccc(Cl)cc1CN(C)C(=O)CCc1cccc(OC)c1OC. The first-order chi connectivity index (χ1) is 12.5. The summed E-state index contributed by atoms with van der Waals surface area (Å²) in [6, 6.07) is 11.0. The maximum atomic E-state index is 12.5. The number of rotatable bonds is 8. The molecule has 0 saturated carbocycles. The van der Waals surface area contributed by atoms with Crippen molar-refractivity contribution in [3.8, 4) is 17.2 Å². The molecule has 0 fully saturated rings. The van der Waals surface area contributed by atoms with Gasteiger partial charge in [-0.05, 0) is 36.2 Å². The van der Waals surface area contributed by atoms with Crippen LogP contribution in [-0.2, 0) is 17.8 Å². The molecule has 0 unspecified atom stereocenters. The van der Waals surface area contributed by atoms with Gasteiger partial charge in [0.05, 0.1) is 21.3 Å². The summed E-state index contributed by atoms with van der Waals surface area (Å²) >= 11 is 6.06. The Morgan fingerprint density at radius 3 is 2.38 bits per heavy atom. The molecular weight excluding hydrogens is 354 g/mol. The number of hydrogen-bond acceptors (Lipinski definition) is 4. The van der Waals surface area contributed by atoms with E-state index in [0.717, 1.165) is 11.1 Å². The number of hydrogen-bond donors (Lipinski definition) is 0. The molecule has 140 valence electrons. The molecule has 0 aromatic heterocycles. The maximum absolute atomic E-state index is 12.5. The predicted molar refractivity (Wildman–Crippen MR) is 102 cm³/mol. The van der Waals surface area contributed by atoms with Crippen molar-refractivity contribution in [1.29, 1.82) is 0 Å². The van der Waals surface area contributed by atoms with Crippen LogP contribution in [0.2, 0.25) is 5.02 Å². The van der Waals surface area contributed by atoms with Crippen LogP contribution in [0.1, 0.15) is 17.5 Å². The van der Waals surface area contributed by atoms with Crippen molar-refractivity contribution in [1.82, 2.24) is 4.90 Å². The Balaban J connectivity index is 2.03. The van der Waals surface area contributed by atoms with Crippen molar-refractivity contribution in [3.63, 3.8) is 0 Å². The predicted octanol–water partition coefficient (Wildman–Crippen LogP) is 3.96. The monoisotopic (exact) mass is 377 g/mol. The molecule has 0 radical (unpaired) electrons. The van der Waals surface area contributed by atoms with Gasteiger partial charge >= 0.3 is 0 Å². The van der Waals surface area contributed by atoms with Gasteiger partial charge in [0.2, 0.25) is 5.91 Å². The average Bonchev–Trinajstić information content (AvgIpc) is 2.65. The van der Waals surface area contributed by atoms with Gasteiger partial charge in [-0.25, -0.2) is 0 Å². The maximum Gasteiger partial charge on any atom is 0.222 e. The summed E-state index contributed by atoms with van der Waals surface area (Å²) < 4.78 is 16.1. The second kappa shape index (κ2) is 9.34. The van der Waals surface area contributed by atoms with Crippen molar-refractivity contribution >= 4 is 17.5 Å². The van der Waals surface area contributed by atoms with E-state index in [0.29, 0.717) is 41.7 Å². The first kappa shape index (κ1) is 19.9. The molecule has 0 saturated heterocycles. The van der Waals surface area contributed by atoms with Gasteiger partial charge < -0.3 is 19.1 Å². The van der Waals surface area contributed by atoms with Gasteiger partial charge in [-0.3, -0.25) is 4.79 Å². The van der Waals surface area contributed by atoms with E-state index in [1.54, 1.807) is 45.4 Å². The van der Waals surface area contributed by atoms with E-state index in [2.05, 4.69) is 0 Å². The summed E-state index contributed by atoms with van der Waals surface area (Å²) in [4.78, 5) is 14.2. The highest BCUT2D eigenvalue weighted by Gasteiger charge is 2.15. The summed E-state index contributed by atoms with van der Waals surface area (Å²) in [5, 5.41) is 0.614. The average molecular weight is 378 g/mol. The second-order valence-electron chi connectivity index (χ2n) is 5.86. The number of benzene rings is 2. The number of nitrogens with zero attached hydrogens (tertiary/aromatic N) is 1. The smallest absolute Gasteiger partial charge is 0.222 e. The minimum Gasteiger partial charge on any atom is -0.496 e. The molecule has 5 nitrogen and oxygen atoms in total. The zero-order valence-corrected chi connectivity index (χ0v) is 16.3. The van der Waals surface area contributed by atoms with Gasteiger partial charge in [0, 0.05) is 30.6 Å². The lowest BCUT2D eigenvalue weighted by Crippen LogP contribution is -2.26. The second-order valence-corrected chi connectivity index (χ2v) is 6.30. The zero-order valence-electron chi connectivity index (χ0n) is 15.5. The van der Waals surface area contributed by atoms with Crippen molar-refractivity contribution in [3.05, 3.63) is 52.5 Å². The number of carbonyl (C=O) groups is 1. The quantitative estimate of drug-likeness (QED) is 0.698. The lowest BCUT2D eigenvalue weighted by atomic mass is 10.1. The molecule has 0 heterocycles. The Labute approximate surface area is 159 Å². The molecule has 2 rings (SSSR count). The van der Waals surface area contributed by atoms with Crippen molar-refractivity contribution in [2.24, 2.45) is 0 Å². The highest BCUT2D eigenvalue weighted by Crippen LogP contribution is 2.31. The van der Waals surface area contributed by atoms with E-state index in [9.17, 15) is 4.79 Å². The Morgan fingerprint density at radius 2 is 1.73 bits per heavy atom. The fourth-order valence-corrected chi connectivity index (χ4v) is 2.99. The van der Waals surface area contributed by atoms with E-state index in [-0.39, 0.29) is 5.91 Å². The Morgan fingerprint density at radius 1 is 1.00 bits per heavy atom. The zero-order chi connectivity index (χ0) is 19.1. The van der Waals surface area contributed by atoms with Crippen LogP contribution in [-0.4, -0.2) is 39.2 Å². The van der Waals surface area contributed by atoms with Crippen LogP contribution in [0.3, 0.4) is 0 Å². The standard InChI is InChI=1S/C20H24ClNO4/c1-22(13-15-12-16(21)9-10-17(15)24-2)19(23)11-8-14-6-5-7-18(25-3)20(14)26-4/h5-7,9-10,12H,8,11,13H2,1-4H3. The fourth-order valence-electron chi connectivity index (χ4n) is 2.80. The number of methoxy groups -OCH3 is 3. The molecule has 2 aromatic rings.